The largest absolute Gasteiger partial charge is 0.334 e. The first-order chi connectivity index (χ1) is 11.8. The molecule has 3 heterocycles. The smallest absolute Gasteiger partial charge is 0.273 e. The molecule has 2 fully saturated rings. The highest BCUT2D eigenvalue weighted by Gasteiger charge is 2.31. The van der Waals surface area contributed by atoms with Gasteiger partial charge in [0.25, 0.3) is 5.91 Å². The van der Waals surface area contributed by atoms with Gasteiger partial charge >= 0.3 is 0 Å². The zero-order chi connectivity index (χ0) is 16.4. The summed E-state index contributed by atoms with van der Waals surface area (Å²) in [6.07, 6.45) is 4.62. The van der Waals surface area contributed by atoms with Gasteiger partial charge in [0.1, 0.15) is 5.69 Å². The summed E-state index contributed by atoms with van der Waals surface area (Å²) in [4.78, 5) is 21.9. The molecule has 2 saturated heterocycles. The molecule has 0 saturated carbocycles. The molecule has 0 radical (unpaired) electrons. The maximum atomic E-state index is 12.8. The van der Waals surface area contributed by atoms with Gasteiger partial charge in [-0.15, -0.1) is 11.3 Å². The predicted octanol–water partition coefficient (Wildman–Crippen LogP) is 3.04. The number of nitrogens with zero attached hydrogens (tertiary/aromatic N) is 3. The minimum absolute atomic E-state index is 0.107. The van der Waals surface area contributed by atoms with E-state index in [0.717, 1.165) is 31.1 Å². The van der Waals surface area contributed by atoms with Gasteiger partial charge in [0.15, 0.2) is 0 Å². The lowest BCUT2D eigenvalue weighted by Gasteiger charge is -2.43. The highest BCUT2D eigenvalue weighted by molar-refractivity contribution is 7.09. The lowest BCUT2D eigenvalue weighted by molar-refractivity contribution is 0.0369. The molecule has 24 heavy (non-hydrogen) atoms. The molecule has 2 aromatic rings. The van der Waals surface area contributed by atoms with Crippen molar-refractivity contribution in [3.8, 4) is 0 Å². The third kappa shape index (κ3) is 3.37. The minimum Gasteiger partial charge on any atom is -0.334 e. The molecular weight excluding hydrogens is 318 g/mol. The molecular formula is C19H23N3OS. The molecule has 4 nitrogen and oxygen atoms in total. The fourth-order valence-electron chi connectivity index (χ4n) is 3.76. The number of amides is 1. The summed E-state index contributed by atoms with van der Waals surface area (Å²) in [5.41, 5.74) is 1.86. The average molecular weight is 341 g/mol. The number of fused-ring (bicyclic) bond motifs is 1. The number of piperidine rings is 1. The van der Waals surface area contributed by atoms with E-state index in [9.17, 15) is 4.79 Å². The molecule has 2 aliphatic rings. The van der Waals surface area contributed by atoms with Crippen LogP contribution in [0.4, 0.5) is 0 Å². The molecule has 1 aromatic carbocycles. The molecule has 0 aliphatic carbocycles. The summed E-state index contributed by atoms with van der Waals surface area (Å²) < 4.78 is 0. The van der Waals surface area contributed by atoms with Gasteiger partial charge in [0.05, 0.1) is 5.01 Å². The van der Waals surface area contributed by atoms with Crippen molar-refractivity contribution in [2.24, 2.45) is 0 Å². The second-order valence-electron chi connectivity index (χ2n) is 6.73. The second kappa shape index (κ2) is 7.03. The maximum absolute atomic E-state index is 12.8. The van der Waals surface area contributed by atoms with Gasteiger partial charge in [-0.25, -0.2) is 4.98 Å². The number of carbonyl (C=O) groups excluding carboxylic acids is 1. The van der Waals surface area contributed by atoms with E-state index < -0.39 is 0 Å². The molecule has 1 aromatic heterocycles. The summed E-state index contributed by atoms with van der Waals surface area (Å²) in [6, 6.07) is 10.9. The van der Waals surface area contributed by atoms with E-state index in [4.69, 9.17) is 0 Å². The first kappa shape index (κ1) is 15.8. The Hall–Kier alpha value is -1.72. The van der Waals surface area contributed by atoms with Gasteiger partial charge < -0.3 is 4.90 Å². The Labute approximate surface area is 147 Å². The number of hydrogen-bond acceptors (Lipinski definition) is 4. The van der Waals surface area contributed by atoms with Crippen molar-refractivity contribution < 1.29 is 4.79 Å². The van der Waals surface area contributed by atoms with Crippen LogP contribution in [0.3, 0.4) is 0 Å². The van der Waals surface area contributed by atoms with Gasteiger partial charge in [-0.05, 0) is 24.9 Å². The molecule has 0 spiro atoms. The zero-order valence-corrected chi connectivity index (χ0v) is 14.7. The van der Waals surface area contributed by atoms with Crippen LogP contribution in [0.15, 0.2) is 35.7 Å². The van der Waals surface area contributed by atoms with Gasteiger partial charge in [0, 0.05) is 37.5 Å². The van der Waals surface area contributed by atoms with Crippen LogP contribution < -0.4 is 0 Å². The molecule has 1 atom stereocenters. The zero-order valence-electron chi connectivity index (χ0n) is 13.9. The van der Waals surface area contributed by atoms with Crippen LogP contribution in [0.5, 0.6) is 0 Å². The molecule has 0 bridgehead atoms. The van der Waals surface area contributed by atoms with Crippen molar-refractivity contribution >= 4 is 17.2 Å². The predicted molar refractivity (Wildman–Crippen MR) is 96.5 cm³/mol. The molecule has 4 rings (SSSR count). The van der Waals surface area contributed by atoms with Crippen LogP contribution in [-0.4, -0.2) is 52.9 Å². The van der Waals surface area contributed by atoms with Crippen LogP contribution in [0, 0.1) is 0 Å². The number of benzene rings is 1. The first-order valence-electron chi connectivity index (χ1n) is 8.81. The summed E-state index contributed by atoms with van der Waals surface area (Å²) in [7, 11) is 0. The monoisotopic (exact) mass is 341 g/mol. The van der Waals surface area contributed by atoms with E-state index in [-0.39, 0.29) is 5.91 Å². The third-order valence-corrected chi connectivity index (χ3v) is 5.94. The van der Waals surface area contributed by atoms with Gasteiger partial charge in [-0.3, -0.25) is 9.69 Å². The van der Waals surface area contributed by atoms with Gasteiger partial charge in [-0.1, -0.05) is 36.8 Å². The molecule has 5 heteroatoms. The third-order valence-electron chi connectivity index (χ3n) is 5.09. The molecule has 1 amide bonds. The number of rotatable bonds is 3. The van der Waals surface area contributed by atoms with Gasteiger partial charge in [-0.2, -0.15) is 0 Å². The van der Waals surface area contributed by atoms with Crippen LogP contribution in [0.25, 0.3) is 0 Å². The number of thiazole rings is 1. The van der Waals surface area contributed by atoms with Crippen molar-refractivity contribution in [3.63, 3.8) is 0 Å². The number of piperazine rings is 1. The SMILES string of the molecule is O=C(c1csc(Cc2ccccc2)n1)N1CCN2CCCCC2C1. The Morgan fingerprint density at radius 2 is 2.04 bits per heavy atom. The Balaban J connectivity index is 1.41. The Kier molecular flexibility index (Phi) is 4.63. The van der Waals surface area contributed by atoms with Crippen molar-refractivity contribution in [1.29, 1.82) is 0 Å². The number of carbonyl (C=O) groups is 1. The summed E-state index contributed by atoms with van der Waals surface area (Å²) >= 11 is 1.59. The van der Waals surface area contributed by atoms with E-state index in [1.807, 2.05) is 28.5 Å². The Morgan fingerprint density at radius 1 is 1.17 bits per heavy atom. The van der Waals surface area contributed by atoms with Crippen LogP contribution in [0.2, 0.25) is 0 Å². The normalized spacial score (nSPS) is 21.5. The topological polar surface area (TPSA) is 36.4 Å². The molecule has 0 N–H and O–H groups in total. The fourth-order valence-corrected chi connectivity index (χ4v) is 4.57. The molecule has 1 unspecified atom stereocenters. The average Bonchev–Trinajstić information content (AvgIpc) is 3.10. The van der Waals surface area contributed by atoms with Crippen molar-refractivity contribution in [2.45, 2.75) is 31.7 Å². The fraction of sp³-hybridized carbons (Fsp3) is 0.474. The Morgan fingerprint density at radius 3 is 2.92 bits per heavy atom. The standard InChI is InChI=1S/C19H23N3OS/c23-19(22-11-10-21-9-5-4-8-16(21)13-22)17-14-24-18(20-17)12-15-6-2-1-3-7-15/h1-3,6-7,14,16H,4-5,8-13H2. The quantitative estimate of drug-likeness (QED) is 0.861. The van der Waals surface area contributed by atoms with E-state index in [0.29, 0.717) is 11.7 Å². The summed E-state index contributed by atoms with van der Waals surface area (Å²) in [5.74, 6) is 0.107. The van der Waals surface area contributed by atoms with E-state index in [1.54, 1.807) is 11.3 Å². The summed E-state index contributed by atoms with van der Waals surface area (Å²) in [5, 5.41) is 2.94. The lowest BCUT2D eigenvalue weighted by atomic mass is 9.99. The van der Waals surface area contributed by atoms with E-state index in [1.165, 1.54) is 31.4 Å². The van der Waals surface area contributed by atoms with E-state index >= 15 is 0 Å². The van der Waals surface area contributed by atoms with Crippen molar-refractivity contribution in [3.05, 3.63) is 52.0 Å². The second-order valence-corrected chi connectivity index (χ2v) is 7.67. The number of aromatic nitrogens is 1. The van der Waals surface area contributed by atoms with Crippen molar-refractivity contribution in [2.75, 3.05) is 26.2 Å². The van der Waals surface area contributed by atoms with Gasteiger partial charge in [0.2, 0.25) is 0 Å². The highest BCUT2D eigenvalue weighted by Crippen LogP contribution is 2.23. The van der Waals surface area contributed by atoms with E-state index in [2.05, 4.69) is 22.0 Å². The minimum atomic E-state index is 0.107. The maximum Gasteiger partial charge on any atom is 0.273 e. The summed E-state index contributed by atoms with van der Waals surface area (Å²) in [6.45, 7) is 3.91. The highest BCUT2D eigenvalue weighted by atomic mass is 32.1. The lowest BCUT2D eigenvalue weighted by Crippen LogP contribution is -2.56. The first-order valence-corrected chi connectivity index (χ1v) is 9.69. The van der Waals surface area contributed by atoms with Crippen LogP contribution in [-0.2, 0) is 6.42 Å². The number of hydrogen-bond donors (Lipinski definition) is 0. The van der Waals surface area contributed by atoms with Crippen LogP contribution in [0.1, 0.15) is 40.3 Å². The van der Waals surface area contributed by atoms with Crippen LogP contribution >= 0.6 is 11.3 Å². The van der Waals surface area contributed by atoms with Crippen molar-refractivity contribution in [1.82, 2.24) is 14.8 Å². The Bertz CT molecular complexity index is 700. The molecule has 126 valence electrons. The molecule has 2 aliphatic heterocycles.